The molecule has 7 heteroatoms. The first-order valence-electron chi connectivity index (χ1n) is 6.78. The normalized spacial score (nSPS) is 10.6. The van der Waals surface area contributed by atoms with Crippen LogP contribution in [0.3, 0.4) is 0 Å². The summed E-state index contributed by atoms with van der Waals surface area (Å²) in [5.41, 5.74) is 6.76. The van der Waals surface area contributed by atoms with E-state index in [1.165, 1.54) is 0 Å². The fraction of sp³-hybridized carbons (Fsp3) is 0.357. The average molecular weight is 308 g/mol. The van der Waals surface area contributed by atoms with Crippen LogP contribution in [0.1, 0.15) is 23.0 Å². The van der Waals surface area contributed by atoms with Crippen molar-refractivity contribution in [2.45, 2.75) is 20.0 Å². The van der Waals surface area contributed by atoms with E-state index >= 15 is 0 Å². The van der Waals surface area contributed by atoms with Gasteiger partial charge in [0.1, 0.15) is 0 Å². The Kier molecular flexibility index (Phi) is 5.30. The topological polar surface area (TPSA) is 77.0 Å². The van der Waals surface area contributed by atoms with Crippen LogP contribution in [-0.2, 0) is 13.1 Å². The molecule has 2 rings (SSSR count). The van der Waals surface area contributed by atoms with Crippen LogP contribution < -0.4 is 5.73 Å². The molecule has 1 aromatic heterocycles. The summed E-state index contributed by atoms with van der Waals surface area (Å²) in [7, 11) is 0. The Bertz CT molecular complexity index is 613. The van der Waals surface area contributed by atoms with Crippen molar-refractivity contribution in [1.29, 1.82) is 0 Å². The lowest BCUT2D eigenvalue weighted by Crippen LogP contribution is -2.30. The number of nitrogens with two attached hydrogens (primary N) is 1. The second-order valence-corrected chi connectivity index (χ2v) is 5.04. The van der Waals surface area contributed by atoms with Crippen molar-refractivity contribution in [3.05, 3.63) is 46.7 Å². The van der Waals surface area contributed by atoms with Gasteiger partial charge in [-0.2, -0.15) is 0 Å². The number of aromatic nitrogens is 3. The third-order valence-corrected chi connectivity index (χ3v) is 3.28. The number of halogens is 1. The minimum absolute atomic E-state index is 0.152. The molecule has 0 fully saturated rings. The zero-order valence-electron chi connectivity index (χ0n) is 11.9. The van der Waals surface area contributed by atoms with Crippen molar-refractivity contribution < 1.29 is 4.79 Å². The molecule has 0 aliphatic rings. The summed E-state index contributed by atoms with van der Waals surface area (Å²) in [6.07, 6.45) is 1.62. The maximum absolute atomic E-state index is 12.4. The monoisotopic (exact) mass is 307 g/mol. The van der Waals surface area contributed by atoms with Gasteiger partial charge in [-0.05, 0) is 24.6 Å². The van der Waals surface area contributed by atoms with Crippen LogP contribution in [0.4, 0.5) is 0 Å². The molecule has 1 amide bonds. The lowest BCUT2D eigenvalue weighted by atomic mass is 10.2. The van der Waals surface area contributed by atoms with E-state index in [4.69, 9.17) is 17.3 Å². The highest BCUT2D eigenvalue weighted by Gasteiger charge is 2.18. The zero-order chi connectivity index (χ0) is 15.2. The molecule has 0 atom stereocenters. The molecule has 0 saturated carbocycles. The number of hydrogen-bond donors (Lipinski definition) is 1. The first-order chi connectivity index (χ1) is 10.1. The summed E-state index contributed by atoms with van der Waals surface area (Å²) >= 11 is 5.97. The quantitative estimate of drug-likeness (QED) is 0.878. The van der Waals surface area contributed by atoms with Gasteiger partial charge in [0.05, 0.1) is 12.7 Å². The number of amides is 1. The van der Waals surface area contributed by atoms with E-state index in [2.05, 4.69) is 10.3 Å². The molecule has 0 unspecified atom stereocenters. The van der Waals surface area contributed by atoms with E-state index in [0.29, 0.717) is 36.9 Å². The van der Waals surface area contributed by atoms with Crippen LogP contribution in [0, 0.1) is 0 Å². The van der Waals surface area contributed by atoms with Gasteiger partial charge in [0.25, 0.3) is 5.91 Å². The lowest BCUT2D eigenvalue weighted by Gasteiger charge is -2.19. The van der Waals surface area contributed by atoms with Gasteiger partial charge in [-0.25, -0.2) is 0 Å². The minimum Gasteiger partial charge on any atom is -0.333 e. The highest BCUT2D eigenvalue weighted by Crippen LogP contribution is 2.13. The molecule has 6 nitrogen and oxygen atoms in total. The number of carbonyl (C=O) groups is 1. The molecule has 21 heavy (non-hydrogen) atoms. The number of hydrogen-bond acceptors (Lipinski definition) is 4. The Hall–Kier alpha value is -1.92. The van der Waals surface area contributed by atoms with Crippen LogP contribution in [-0.4, -0.2) is 38.9 Å². The number of rotatable bonds is 6. The van der Waals surface area contributed by atoms with Gasteiger partial charge in [0, 0.05) is 24.7 Å². The fourth-order valence-corrected chi connectivity index (χ4v) is 2.20. The Balaban J connectivity index is 2.10. The molecule has 112 valence electrons. The van der Waals surface area contributed by atoms with Crippen molar-refractivity contribution in [2.75, 3.05) is 13.1 Å². The lowest BCUT2D eigenvalue weighted by molar-refractivity contribution is 0.0746. The predicted octanol–water partition coefficient (Wildman–Crippen LogP) is 1.55. The molecule has 0 saturated heterocycles. The third-order valence-electron chi connectivity index (χ3n) is 3.05. The Morgan fingerprint density at radius 3 is 2.95 bits per heavy atom. The molecule has 0 spiro atoms. The highest BCUT2D eigenvalue weighted by atomic mass is 35.5. The molecular weight excluding hydrogens is 290 g/mol. The molecule has 1 aromatic carbocycles. The van der Waals surface area contributed by atoms with E-state index < -0.39 is 0 Å². The Labute approximate surface area is 128 Å². The predicted molar refractivity (Wildman–Crippen MR) is 80.9 cm³/mol. The molecule has 1 heterocycles. The summed E-state index contributed by atoms with van der Waals surface area (Å²) in [5.74, 6) is -0.152. The second-order valence-electron chi connectivity index (χ2n) is 4.60. The van der Waals surface area contributed by atoms with Crippen LogP contribution >= 0.6 is 11.6 Å². The maximum Gasteiger partial charge on any atom is 0.276 e. The summed E-state index contributed by atoms with van der Waals surface area (Å²) in [4.78, 5) is 14.1. The number of carbonyl (C=O) groups excluding carboxylic acids is 1. The van der Waals surface area contributed by atoms with Gasteiger partial charge in [-0.15, -0.1) is 5.10 Å². The van der Waals surface area contributed by atoms with Gasteiger partial charge in [0.15, 0.2) is 5.69 Å². The molecule has 2 N–H and O–H groups in total. The van der Waals surface area contributed by atoms with E-state index in [0.717, 1.165) is 5.56 Å². The van der Waals surface area contributed by atoms with Crippen LogP contribution in [0.25, 0.3) is 0 Å². The summed E-state index contributed by atoms with van der Waals surface area (Å²) in [5, 5.41) is 8.44. The first-order valence-corrected chi connectivity index (χ1v) is 7.15. The van der Waals surface area contributed by atoms with Crippen molar-refractivity contribution >= 4 is 17.5 Å². The standard InChI is InChI=1S/C14H18ClN5O/c1-2-19(9-11-4-3-5-12(15)8-11)14(21)13-10-20(7-6-16)18-17-13/h3-5,8,10H,2,6-7,9,16H2,1H3. The van der Waals surface area contributed by atoms with Gasteiger partial charge < -0.3 is 10.6 Å². The second kappa shape index (κ2) is 7.19. The Morgan fingerprint density at radius 1 is 1.48 bits per heavy atom. The van der Waals surface area contributed by atoms with E-state index in [1.807, 2.05) is 31.2 Å². The van der Waals surface area contributed by atoms with Crippen molar-refractivity contribution in [1.82, 2.24) is 19.9 Å². The third kappa shape index (κ3) is 4.03. The molecule has 0 aliphatic carbocycles. The fourth-order valence-electron chi connectivity index (χ4n) is 1.98. The van der Waals surface area contributed by atoms with E-state index in [1.54, 1.807) is 15.8 Å². The van der Waals surface area contributed by atoms with Gasteiger partial charge in [-0.3, -0.25) is 9.48 Å². The molecule has 2 aromatic rings. The van der Waals surface area contributed by atoms with Crippen molar-refractivity contribution in [2.24, 2.45) is 5.73 Å². The van der Waals surface area contributed by atoms with E-state index in [9.17, 15) is 4.79 Å². The zero-order valence-corrected chi connectivity index (χ0v) is 12.6. The minimum atomic E-state index is -0.152. The number of nitrogens with zero attached hydrogens (tertiary/aromatic N) is 4. The summed E-state index contributed by atoms with van der Waals surface area (Å²) < 4.78 is 1.57. The molecule has 0 bridgehead atoms. The van der Waals surface area contributed by atoms with Crippen LogP contribution in [0.15, 0.2) is 30.5 Å². The van der Waals surface area contributed by atoms with Crippen molar-refractivity contribution in [3.8, 4) is 0 Å². The summed E-state index contributed by atoms with van der Waals surface area (Å²) in [6.45, 7) is 3.99. The smallest absolute Gasteiger partial charge is 0.276 e. The SMILES string of the molecule is CCN(Cc1cccc(Cl)c1)C(=O)c1cn(CCN)nn1. The molecular formula is C14H18ClN5O. The largest absolute Gasteiger partial charge is 0.333 e. The van der Waals surface area contributed by atoms with Crippen LogP contribution in [0.2, 0.25) is 5.02 Å². The molecule has 0 radical (unpaired) electrons. The highest BCUT2D eigenvalue weighted by molar-refractivity contribution is 6.30. The molecule has 0 aliphatic heterocycles. The van der Waals surface area contributed by atoms with Crippen LogP contribution in [0.5, 0.6) is 0 Å². The average Bonchev–Trinajstić information content (AvgIpc) is 2.93. The maximum atomic E-state index is 12.4. The van der Waals surface area contributed by atoms with Crippen molar-refractivity contribution in [3.63, 3.8) is 0 Å². The van der Waals surface area contributed by atoms with E-state index in [-0.39, 0.29) is 5.91 Å². The number of benzene rings is 1. The van der Waals surface area contributed by atoms with Gasteiger partial charge in [-0.1, -0.05) is 28.9 Å². The van der Waals surface area contributed by atoms with Gasteiger partial charge in [0.2, 0.25) is 0 Å². The Morgan fingerprint density at radius 2 is 2.29 bits per heavy atom. The van der Waals surface area contributed by atoms with Gasteiger partial charge >= 0.3 is 0 Å². The summed E-state index contributed by atoms with van der Waals surface area (Å²) in [6, 6.07) is 7.46. The first kappa shape index (κ1) is 15.5.